The van der Waals surface area contributed by atoms with Crippen molar-refractivity contribution in [3.8, 4) is 11.5 Å². The average Bonchev–Trinajstić information content (AvgIpc) is 2.73. The number of hydrogen-bond acceptors (Lipinski definition) is 4. The summed E-state index contributed by atoms with van der Waals surface area (Å²) in [7, 11) is 1.57. The Morgan fingerprint density at radius 2 is 1.87 bits per heavy atom. The number of benzene rings is 3. The first-order valence-corrected chi connectivity index (χ1v) is 10.9. The molecule has 1 amide bonds. The summed E-state index contributed by atoms with van der Waals surface area (Å²) in [4.78, 5) is 12.3. The summed E-state index contributed by atoms with van der Waals surface area (Å²) >= 11 is 9.64. The maximum Gasteiger partial charge on any atom is 0.262 e. The molecule has 31 heavy (non-hydrogen) atoms. The molecule has 0 radical (unpaired) electrons. The number of methoxy groups -OCH3 is 1. The van der Waals surface area contributed by atoms with E-state index in [1.807, 2.05) is 37.3 Å². The number of carbonyl (C=O) groups is 1. The minimum atomic E-state index is -0.293. The Kier molecular flexibility index (Phi) is 7.82. The Morgan fingerprint density at radius 3 is 2.58 bits per heavy atom. The Balaban J connectivity index is 1.64. The monoisotopic (exact) mass is 502 g/mol. The minimum Gasteiger partial charge on any atom is -0.493 e. The molecule has 0 bridgehead atoms. The molecule has 3 aromatic rings. The lowest BCUT2D eigenvalue weighted by atomic mass is 10.2. The van der Waals surface area contributed by atoms with E-state index in [4.69, 9.17) is 21.1 Å². The number of nitrogens with one attached hydrogen (secondary N) is 2. The third-order valence-electron chi connectivity index (χ3n) is 4.61. The molecule has 0 aliphatic carbocycles. The van der Waals surface area contributed by atoms with Gasteiger partial charge in [0.25, 0.3) is 5.91 Å². The van der Waals surface area contributed by atoms with E-state index < -0.39 is 0 Å². The van der Waals surface area contributed by atoms with Gasteiger partial charge in [-0.1, -0.05) is 29.8 Å². The van der Waals surface area contributed by atoms with E-state index in [-0.39, 0.29) is 12.5 Å². The van der Waals surface area contributed by atoms with Gasteiger partial charge in [0.2, 0.25) is 0 Å². The van der Waals surface area contributed by atoms with Crippen molar-refractivity contribution < 1.29 is 14.3 Å². The van der Waals surface area contributed by atoms with Crippen LogP contribution in [0.2, 0.25) is 5.02 Å². The molecule has 162 valence electrons. The van der Waals surface area contributed by atoms with Gasteiger partial charge in [-0.3, -0.25) is 4.79 Å². The Labute approximate surface area is 195 Å². The second-order valence-corrected chi connectivity index (χ2v) is 8.39. The molecule has 0 saturated heterocycles. The van der Waals surface area contributed by atoms with Crippen molar-refractivity contribution in [2.24, 2.45) is 0 Å². The molecule has 0 aliphatic heterocycles. The Hall–Kier alpha value is -2.70. The SMILES string of the molecule is COc1cc(CNc2cccc(C)c2)cc(Br)c1OCC(=O)Nc1ccc(C)c(Cl)c1. The largest absolute Gasteiger partial charge is 0.493 e. The highest BCUT2D eigenvalue weighted by molar-refractivity contribution is 9.10. The molecule has 0 fully saturated rings. The first kappa shape index (κ1) is 23.0. The summed E-state index contributed by atoms with van der Waals surface area (Å²) < 4.78 is 11.9. The van der Waals surface area contributed by atoms with Crippen LogP contribution in [0.3, 0.4) is 0 Å². The summed E-state index contributed by atoms with van der Waals surface area (Å²) in [6.07, 6.45) is 0. The predicted octanol–water partition coefficient (Wildman–Crippen LogP) is 6.36. The van der Waals surface area contributed by atoms with Gasteiger partial charge >= 0.3 is 0 Å². The summed E-state index contributed by atoms with van der Waals surface area (Å²) in [5, 5.41) is 6.77. The van der Waals surface area contributed by atoms with Gasteiger partial charge in [-0.15, -0.1) is 0 Å². The van der Waals surface area contributed by atoms with Crippen LogP contribution in [0.15, 0.2) is 59.1 Å². The van der Waals surface area contributed by atoms with Crippen molar-refractivity contribution >= 4 is 44.8 Å². The van der Waals surface area contributed by atoms with Crippen LogP contribution in [-0.4, -0.2) is 19.6 Å². The highest BCUT2D eigenvalue weighted by Gasteiger charge is 2.14. The molecule has 0 atom stereocenters. The molecular formula is C24H24BrClN2O3. The highest BCUT2D eigenvalue weighted by atomic mass is 79.9. The fourth-order valence-electron chi connectivity index (χ4n) is 2.98. The van der Waals surface area contributed by atoms with E-state index in [0.717, 1.165) is 16.8 Å². The van der Waals surface area contributed by atoms with Gasteiger partial charge in [0.15, 0.2) is 18.1 Å². The summed E-state index contributed by atoms with van der Waals surface area (Å²) in [5.41, 5.74) is 4.81. The van der Waals surface area contributed by atoms with Crippen molar-refractivity contribution in [3.63, 3.8) is 0 Å². The molecule has 7 heteroatoms. The number of amides is 1. The number of rotatable bonds is 8. The van der Waals surface area contributed by atoms with E-state index >= 15 is 0 Å². The van der Waals surface area contributed by atoms with Crippen molar-refractivity contribution in [1.29, 1.82) is 0 Å². The molecule has 3 aromatic carbocycles. The van der Waals surface area contributed by atoms with E-state index in [0.29, 0.717) is 33.2 Å². The van der Waals surface area contributed by atoms with E-state index in [1.165, 1.54) is 5.56 Å². The summed E-state index contributed by atoms with van der Waals surface area (Å²) in [6.45, 7) is 4.41. The second-order valence-electron chi connectivity index (χ2n) is 7.13. The van der Waals surface area contributed by atoms with Crippen molar-refractivity contribution in [1.82, 2.24) is 0 Å². The van der Waals surface area contributed by atoms with Gasteiger partial charge in [-0.2, -0.15) is 0 Å². The summed E-state index contributed by atoms with van der Waals surface area (Å²) in [5.74, 6) is 0.722. The first-order chi connectivity index (χ1) is 14.9. The van der Waals surface area contributed by atoms with Crippen molar-refractivity contribution in [3.05, 3.63) is 80.8 Å². The van der Waals surface area contributed by atoms with Gasteiger partial charge in [-0.05, 0) is 82.9 Å². The van der Waals surface area contributed by atoms with Gasteiger partial charge in [0, 0.05) is 22.9 Å². The van der Waals surface area contributed by atoms with Crippen molar-refractivity contribution in [2.75, 3.05) is 24.4 Å². The van der Waals surface area contributed by atoms with Gasteiger partial charge in [-0.25, -0.2) is 0 Å². The standard InChI is InChI=1S/C24H24BrClN2O3/c1-15-5-4-6-18(9-15)27-13-17-10-20(25)24(22(11-17)30-3)31-14-23(29)28-19-8-7-16(2)21(26)12-19/h4-12,27H,13-14H2,1-3H3,(H,28,29). The van der Waals surface area contributed by atoms with Gasteiger partial charge in [0.05, 0.1) is 11.6 Å². The number of carbonyl (C=O) groups excluding carboxylic acids is 1. The lowest BCUT2D eigenvalue weighted by Gasteiger charge is -2.15. The fraction of sp³-hybridized carbons (Fsp3) is 0.208. The molecule has 0 aromatic heterocycles. The highest BCUT2D eigenvalue weighted by Crippen LogP contribution is 2.37. The molecule has 2 N–H and O–H groups in total. The molecule has 3 rings (SSSR count). The van der Waals surface area contributed by atoms with Crippen molar-refractivity contribution in [2.45, 2.75) is 20.4 Å². The first-order valence-electron chi connectivity index (χ1n) is 9.71. The normalized spacial score (nSPS) is 10.5. The third-order valence-corrected chi connectivity index (χ3v) is 5.60. The zero-order valence-electron chi connectivity index (χ0n) is 17.6. The third kappa shape index (κ3) is 6.39. The van der Waals surface area contributed by atoms with E-state index in [1.54, 1.807) is 19.2 Å². The minimum absolute atomic E-state index is 0.165. The van der Waals surface area contributed by atoms with Crippen LogP contribution in [0.25, 0.3) is 0 Å². The smallest absolute Gasteiger partial charge is 0.262 e. The van der Waals surface area contributed by atoms with Crippen LogP contribution < -0.4 is 20.1 Å². The molecular weight excluding hydrogens is 480 g/mol. The zero-order chi connectivity index (χ0) is 22.4. The quantitative estimate of drug-likeness (QED) is 0.376. The lowest BCUT2D eigenvalue weighted by Crippen LogP contribution is -2.20. The number of aryl methyl sites for hydroxylation is 2. The average molecular weight is 504 g/mol. The topological polar surface area (TPSA) is 59.6 Å². The predicted molar refractivity (Wildman–Crippen MR) is 130 cm³/mol. The van der Waals surface area contributed by atoms with Crippen LogP contribution in [0.5, 0.6) is 11.5 Å². The molecule has 0 aliphatic rings. The van der Waals surface area contributed by atoms with Crippen LogP contribution in [0, 0.1) is 13.8 Å². The summed E-state index contributed by atoms with van der Waals surface area (Å²) in [6, 6.07) is 17.4. The molecule has 0 saturated carbocycles. The van der Waals surface area contributed by atoms with Crippen LogP contribution >= 0.6 is 27.5 Å². The number of ether oxygens (including phenoxy) is 2. The second kappa shape index (κ2) is 10.6. The van der Waals surface area contributed by atoms with E-state index in [9.17, 15) is 4.79 Å². The fourth-order valence-corrected chi connectivity index (χ4v) is 3.76. The number of hydrogen-bond donors (Lipinski definition) is 2. The van der Waals surface area contributed by atoms with Gasteiger partial charge < -0.3 is 20.1 Å². The van der Waals surface area contributed by atoms with Crippen LogP contribution in [0.1, 0.15) is 16.7 Å². The number of halogens is 2. The molecule has 0 heterocycles. The molecule has 0 spiro atoms. The Bertz CT molecular complexity index is 1090. The zero-order valence-corrected chi connectivity index (χ0v) is 19.9. The maximum absolute atomic E-state index is 12.3. The Morgan fingerprint density at radius 1 is 1.06 bits per heavy atom. The molecule has 5 nitrogen and oxygen atoms in total. The van der Waals surface area contributed by atoms with Crippen LogP contribution in [0.4, 0.5) is 11.4 Å². The maximum atomic E-state index is 12.3. The lowest BCUT2D eigenvalue weighted by molar-refractivity contribution is -0.118. The number of anilines is 2. The van der Waals surface area contributed by atoms with E-state index in [2.05, 4.69) is 45.6 Å². The molecule has 0 unspecified atom stereocenters. The van der Waals surface area contributed by atoms with Gasteiger partial charge in [0.1, 0.15) is 0 Å². The van der Waals surface area contributed by atoms with Crippen LogP contribution in [-0.2, 0) is 11.3 Å².